The van der Waals surface area contributed by atoms with Crippen LogP contribution in [0.4, 0.5) is 0 Å². The van der Waals surface area contributed by atoms with Gasteiger partial charge < -0.3 is 0 Å². The lowest BCUT2D eigenvalue weighted by atomic mass is 9.70. The second-order valence-corrected chi connectivity index (χ2v) is 4.91. The van der Waals surface area contributed by atoms with Gasteiger partial charge in [-0.3, -0.25) is 0 Å². The van der Waals surface area contributed by atoms with Crippen molar-refractivity contribution in [3.8, 4) is 0 Å². The van der Waals surface area contributed by atoms with Crippen molar-refractivity contribution < 1.29 is 0 Å². The van der Waals surface area contributed by atoms with Crippen LogP contribution < -0.4 is 0 Å². The zero-order valence-electron chi connectivity index (χ0n) is 8.76. The van der Waals surface area contributed by atoms with E-state index in [1.54, 1.807) is 0 Å². The van der Waals surface area contributed by atoms with Crippen LogP contribution in [0.15, 0.2) is 0 Å². The number of aryl methyl sites for hydroxylation is 2. The summed E-state index contributed by atoms with van der Waals surface area (Å²) >= 11 is 3.61. The Morgan fingerprint density at radius 3 is 2.50 bits per heavy atom. The molecule has 2 rings (SSSR count). The first-order valence-corrected chi connectivity index (χ1v) is 6.21. The number of aromatic nitrogens is 3. The molecule has 14 heavy (non-hydrogen) atoms. The van der Waals surface area contributed by atoms with E-state index in [4.69, 9.17) is 0 Å². The lowest BCUT2D eigenvalue weighted by Gasteiger charge is -2.40. The van der Waals surface area contributed by atoms with E-state index in [1.807, 2.05) is 13.8 Å². The third-order valence-electron chi connectivity index (χ3n) is 3.15. The van der Waals surface area contributed by atoms with E-state index >= 15 is 0 Å². The smallest absolute Gasteiger partial charge is 0.147 e. The molecule has 1 aliphatic rings. The molecule has 78 valence electrons. The Bertz CT molecular complexity index is 323. The molecule has 1 aromatic heterocycles. The van der Waals surface area contributed by atoms with Gasteiger partial charge in [-0.05, 0) is 32.1 Å². The highest BCUT2D eigenvalue weighted by Crippen LogP contribution is 2.43. The molecule has 1 heterocycles. The van der Waals surface area contributed by atoms with Crippen LogP contribution in [0.2, 0.25) is 0 Å². The molecule has 1 fully saturated rings. The Morgan fingerprint density at radius 1 is 1.43 bits per heavy atom. The first-order chi connectivity index (χ1) is 6.65. The Labute approximate surface area is 93.0 Å². The van der Waals surface area contributed by atoms with E-state index in [9.17, 15) is 0 Å². The number of hydrogen-bond donors (Lipinski definition) is 0. The fourth-order valence-electron chi connectivity index (χ4n) is 2.04. The van der Waals surface area contributed by atoms with Gasteiger partial charge in [-0.15, -0.1) is 0 Å². The Balaban J connectivity index is 2.13. The van der Waals surface area contributed by atoms with Crippen LogP contribution in [0, 0.1) is 19.3 Å². The van der Waals surface area contributed by atoms with E-state index in [0.717, 1.165) is 23.5 Å². The summed E-state index contributed by atoms with van der Waals surface area (Å²) in [7, 11) is 0. The summed E-state index contributed by atoms with van der Waals surface area (Å²) in [5.41, 5.74) is 0.449. The van der Waals surface area contributed by atoms with Gasteiger partial charge in [0, 0.05) is 11.9 Å². The molecule has 0 saturated heterocycles. The van der Waals surface area contributed by atoms with Gasteiger partial charge in [0.2, 0.25) is 0 Å². The molecule has 1 saturated carbocycles. The van der Waals surface area contributed by atoms with E-state index in [1.165, 1.54) is 19.3 Å². The molecule has 0 spiro atoms. The number of nitrogens with zero attached hydrogens (tertiary/aromatic N) is 3. The molecule has 3 nitrogen and oxygen atoms in total. The predicted molar refractivity (Wildman–Crippen MR) is 59.6 cm³/mol. The van der Waals surface area contributed by atoms with Gasteiger partial charge in [0.1, 0.15) is 11.6 Å². The summed E-state index contributed by atoms with van der Waals surface area (Å²) in [6.07, 6.45) is 3.99. The Kier molecular flexibility index (Phi) is 2.64. The standard InChI is InChI=1S/C10H16BrN3/c1-8-12-9(2)14(13-8)7-10(6-11)4-3-5-10/h3-7H2,1-2H3. The molecule has 0 N–H and O–H groups in total. The molecule has 0 bridgehead atoms. The minimum Gasteiger partial charge on any atom is -0.250 e. The van der Waals surface area contributed by atoms with Crippen LogP contribution in [-0.2, 0) is 6.54 Å². The summed E-state index contributed by atoms with van der Waals surface area (Å²) in [6.45, 7) is 5.00. The molecule has 0 amide bonds. The zero-order chi connectivity index (χ0) is 10.2. The van der Waals surface area contributed by atoms with Crippen molar-refractivity contribution in [1.82, 2.24) is 14.8 Å². The second-order valence-electron chi connectivity index (χ2n) is 4.35. The average Bonchev–Trinajstić information content (AvgIpc) is 2.38. The minimum atomic E-state index is 0.449. The van der Waals surface area contributed by atoms with Gasteiger partial charge in [-0.1, -0.05) is 22.4 Å². The normalized spacial score (nSPS) is 19.4. The molecule has 1 aliphatic carbocycles. The molecule has 0 aliphatic heterocycles. The number of alkyl halides is 1. The topological polar surface area (TPSA) is 30.7 Å². The summed E-state index contributed by atoms with van der Waals surface area (Å²) in [4.78, 5) is 4.32. The van der Waals surface area contributed by atoms with Gasteiger partial charge >= 0.3 is 0 Å². The maximum atomic E-state index is 4.41. The molecule has 0 unspecified atom stereocenters. The van der Waals surface area contributed by atoms with Crippen LogP contribution >= 0.6 is 15.9 Å². The van der Waals surface area contributed by atoms with Crippen molar-refractivity contribution in [2.24, 2.45) is 5.41 Å². The lowest BCUT2D eigenvalue weighted by Crippen LogP contribution is -2.36. The molecular formula is C10H16BrN3. The maximum Gasteiger partial charge on any atom is 0.147 e. The van der Waals surface area contributed by atoms with Crippen LogP contribution in [0.3, 0.4) is 0 Å². The van der Waals surface area contributed by atoms with Crippen LogP contribution in [-0.4, -0.2) is 20.1 Å². The fraction of sp³-hybridized carbons (Fsp3) is 0.800. The summed E-state index contributed by atoms with van der Waals surface area (Å²) in [5, 5.41) is 5.49. The summed E-state index contributed by atoms with van der Waals surface area (Å²) in [6, 6.07) is 0. The van der Waals surface area contributed by atoms with Crippen LogP contribution in [0.5, 0.6) is 0 Å². The summed E-state index contributed by atoms with van der Waals surface area (Å²) in [5.74, 6) is 1.92. The van der Waals surface area contributed by atoms with Crippen molar-refractivity contribution in [1.29, 1.82) is 0 Å². The molecule has 1 aromatic rings. The third-order valence-corrected chi connectivity index (χ3v) is 4.33. The first-order valence-electron chi connectivity index (χ1n) is 5.09. The molecule has 0 radical (unpaired) electrons. The SMILES string of the molecule is Cc1nc(C)n(CC2(CBr)CCC2)n1. The predicted octanol–water partition coefficient (Wildman–Crippen LogP) is 2.46. The van der Waals surface area contributed by atoms with Crippen molar-refractivity contribution >= 4 is 15.9 Å². The molecule has 0 aromatic carbocycles. The van der Waals surface area contributed by atoms with Gasteiger partial charge in [-0.2, -0.15) is 5.10 Å². The number of hydrogen-bond acceptors (Lipinski definition) is 2. The largest absolute Gasteiger partial charge is 0.250 e. The highest BCUT2D eigenvalue weighted by atomic mass is 79.9. The number of rotatable bonds is 3. The highest BCUT2D eigenvalue weighted by molar-refractivity contribution is 9.09. The Morgan fingerprint density at radius 2 is 2.14 bits per heavy atom. The van der Waals surface area contributed by atoms with Gasteiger partial charge in [0.15, 0.2) is 0 Å². The highest BCUT2D eigenvalue weighted by Gasteiger charge is 2.36. The quantitative estimate of drug-likeness (QED) is 0.780. The van der Waals surface area contributed by atoms with Crippen LogP contribution in [0.1, 0.15) is 30.9 Å². The van der Waals surface area contributed by atoms with Crippen molar-refractivity contribution in [2.75, 3.05) is 5.33 Å². The second kappa shape index (κ2) is 3.65. The monoisotopic (exact) mass is 257 g/mol. The first kappa shape index (κ1) is 10.1. The van der Waals surface area contributed by atoms with Crippen LogP contribution in [0.25, 0.3) is 0 Å². The molecule has 0 atom stereocenters. The van der Waals surface area contributed by atoms with Gasteiger partial charge in [0.25, 0.3) is 0 Å². The Hall–Kier alpha value is -0.380. The zero-order valence-corrected chi connectivity index (χ0v) is 10.3. The van der Waals surface area contributed by atoms with Gasteiger partial charge in [-0.25, -0.2) is 9.67 Å². The van der Waals surface area contributed by atoms with Crippen molar-refractivity contribution in [3.63, 3.8) is 0 Å². The van der Waals surface area contributed by atoms with Gasteiger partial charge in [0.05, 0.1) is 0 Å². The van der Waals surface area contributed by atoms with E-state index in [-0.39, 0.29) is 0 Å². The average molecular weight is 258 g/mol. The van der Waals surface area contributed by atoms with Crippen molar-refractivity contribution in [3.05, 3.63) is 11.6 Å². The maximum absolute atomic E-state index is 4.41. The van der Waals surface area contributed by atoms with Crippen molar-refractivity contribution in [2.45, 2.75) is 39.7 Å². The minimum absolute atomic E-state index is 0.449. The van der Waals surface area contributed by atoms with E-state index in [2.05, 4.69) is 30.7 Å². The van der Waals surface area contributed by atoms with E-state index in [0.29, 0.717) is 5.41 Å². The molecular weight excluding hydrogens is 242 g/mol. The number of halogens is 1. The third kappa shape index (κ3) is 1.72. The molecule has 4 heteroatoms. The fourth-order valence-corrected chi connectivity index (χ4v) is 2.78. The van der Waals surface area contributed by atoms with E-state index < -0.39 is 0 Å². The summed E-state index contributed by atoms with van der Waals surface area (Å²) < 4.78 is 2.05. The lowest BCUT2D eigenvalue weighted by molar-refractivity contribution is 0.132.